The molecule has 1 heterocycles. The lowest BCUT2D eigenvalue weighted by molar-refractivity contribution is 0.809. The molecule has 2 aromatic rings. The van der Waals surface area contributed by atoms with Gasteiger partial charge in [-0.25, -0.2) is 0 Å². The van der Waals surface area contributed by atoms with Crippen LogP contribution in [0.2, 0.25) is 0 Å². The van der Waals surface area contributed by atoms with Gasteiger partial charge in [0.15, 0.2) is 0 Å². The Kier molecular flexibility index (Phi) is 3.54. The maximum absolute atomic E-state index is 3.13. The van der Waals surface area contributed by atoms with Crippen molar-refractivity contribution >= 4 is 27.5 Å². The Bertz CT molecular complexity index is 423. The van der Waals surface area contributed by atoms with Gasteiger partial charge in [-0.15, -0.1) is 11.3 Å². The van der Waals surface area contributed by atoms with Gasteiger partial charge in [0.25, 0.3) is 0 Å². The third-order valence-electron chi connectivity index (χ3n) is 2.29. The molecule has 0 aliphatic rings. The van der Waals surface area contributed by atoms with Crippen LogP contribution >= 0.6 is 11.3 Å². The van der Waals surface area contributed by atoms with E-state index in [0.29, 0.717) is 0 Å². The minimum Gasteiger partial charge on any atom is -0.319 e. The van der Waals surface area contributed by atoms with Gasteiger partial charge in [0.05, 0.1) is 0 Å². The molecule has 2 heteroatoms. The number of benzene rings is 1. The van der Waals surface area contributed by atoms with E-state index in [-0.39, 0.29) is 0 Å². The highest BCUT2D eigenvalue weighted by molar-refractivity contribution is 7.19. The molecule has 0 saturated heterocycles. The molecule has 1 aromatic heterocycles. The Morgan fingerprint density at radius 2 is 2.20 bits per heavy atom. The number of fused-ring (bicyclic) bond motifs is 1. The minimum absolute atomic E-state index is 1.04. The van der Waals surface area contributed by atoms with Gasteiger partial charge in [-0.05, 0) is 43.6 Å². The average Bonchev–Trinajstić information content (AvgIpc) is 2.67. The van der Waals surface area contributed by atoms with E-state index in [1.54, 1.807) is 0 Å². The van der Waals surface area contributed by atoms with Gasteiger partial charge in [0.2, 0.25) is 0 Å². The summed E-state index contributed by atoms with van der Waals surface area (Å²) in [5.74, 6) is 0. The summed E-state index contributed by atoms with van der Waals surface area (Å²) in [6.07, 6.45) is 5.52. The van der Waals surface area contributed by atoms with Crippen molar-refractivity contribution in [3.05, 3.63) is 41.3 Å². The van der Waals surface area contributed by atoms with E-state index >= 15 is 0 Å². The standard InChI is InChI=1S/C13H15NS/c1-14-9-5-4-7-12-10-11-6-2-3-8-13(11)15-12/h2-4,6-8,10,14H,5,9H2,1H3. The first kappa shape index (κ1) is 10.4. The Hall–Kier alpha value is -1.12. The van der Waals surface area contributed by atoms with E-state index in [0.717, 1.165) is 13.0 Å². The van der Waals surface area contributed by atoms with Crippen LogP contribution in [-0.2, 0) is 0 Å². The van der Waals surface area contributed by atoms with Crippen LogP contribution in [0, 0.1) is 0 Å². The molecule has 0 unspecified atom stereocenters. The molecular formula is C13H15NS. The zero-order valence-electron chi connectivity index (χ0n) is 8.86. The normalized spacial score (nSPS) is 11.5. The van der Waals surface area contributed by atoms with Crippen LogP contribution in [0.3, 0.4) is 0 Å². The first-order valence-corrected chi connectivity index (χ1v) is 6.01. The molecule has 0 atom stereocenters. The second kappa shape index (κ2) is 5.10. The lowest BCUT2D eigenvalue weighted by atomic mass is 10.2. The molecule has 0 aliphatic heterocycles. The molecule has 0 amide bonds. The molecule has 0 saturated carbocycles. The van der Waals surface area contributed by atoms with Crippen LogP contribution in [0.4, 0.5) is 0 Å². The lowest BCUT2D eigenvalue weighted by Gasteiger charge is -1.89. The van der Waals surface area contributed by atoms with Gasteiger partial charge < -0.3 is 5.32 Å². The van der Waals surface area contributed by atoms with E-state index in [1.807, 2.05) is 18.4 Å². The monoisotopic (exact) mass is 217 g/mol. The molecule has 0 radical (unpaired) electrons. The predicted octanol–water partition coefficient (Wildman–Crippen LogP) is 3.52. The molecule has 1 N–H and O–H groups in total. The Labute approximate surface area is 94.4 Å². The first-order chi connectivity index (χ1) is 7.40. The largest absolute Gasteiger partial charge is 0.319 e. The second-order valence-electron chi connectivity index (χ2n) is 3.48. The summed E-state index contributed by atoms with van der Waals surface area (Å²) >= 11 is 1.85. The summed E-state index contributed by atoms with van der Waals surface area (Å²) in [5, 5.41) is 4.48. The lowest BCUT2D eigenvalue weighted by Crippen LogP contribution is -2.05. The first-order valence-electron chi connectivity index (χ1n) is 5.20. The van der Waals surface area contributed by atoms with Crippen molar-refractivity contribution in [1.29, 1.82) is 0 Å². The molecule has 0 fully saturated rings. The van der Waals surface area contributed by atoms with E-state index < -0.39 is 0 Å². The molecular weight excluding hydrogens is 202 g/mol. The molecule has 1 aromatic carbocycles. The van der Waals surface area contributed by atoms with Crippen molar-refractivity contribution in [2.24, 2.45) is 0 Å². The number of rotatable bonds is 4. The summed E-state index contributed by atoms with van der Waals surface area (Å²) in [6.45, 7) is 1.04. The van der Waals surface area contributed by atoms with Crippen LogP contribution in [0.25, 0.3) is 16.2 Å². The summed E-state index contributed by atoms with van der Waals surface area (Å²) in [5.41, 5.74) is 0. The SMILES string of the molecule is CNCCC=Cc1cc2ccccc2s1. The smallest absolute Gasteiger partial charge is 0.0349 e. The molecule has 15 heavy (non-hydrogen) atoms. The Morgan fingerprint density at radius 3 is 3.00 bits per heavy atom. The fourth-order valence-electron chi connectivity index (χ4n) is 1.51. The molecule has 2 rings (SSSR count). The van der Waals surface area contributed by atoms with Crippen molar-refractivity contribution in [2.45, 2.75) is 6.42 Å². The molecule has 0 aliphatic carbocycles. The highest BCUT2D eigenvalue weighted by Gasteiger charge is 1.96. The predicted molar refractivity (Wildman–Crippen MR) is 69.4 cm³/mol. The van der Waals surface area contributed by atoms with E-state index in [1.165, 1.54) is 15.0 Å². The van der Waals surface area contributed by atoms with Crippen molar-refractivity contribution in [1.82, 2.24) is 5.32 Å². The fraction of sp³-hybridized carbons (Fsp3) is 0.231. The Morgan fingerprint density at radius 1 is 1.33 bits per heavy atom. The zero-order chi connectivity index (χ0) is 10.5. The molecule has 0 bridgehead atoms. The third-order valence-corrected chi connectivity index (χ3v) is 3.37. The van der Waals surface area contributed by atoms with Crippen LogP contribution in [0.5, 0.6) is 0 Å². The average molecular weight is 217 g/mol. The van der Waals surface area contributed by atoms with Gasteiger partial charge in [-0.1, -0.05) is 24.3 Å². The zero-order valence-corrected chi connectivity index (χ0v) is 9.68. The highest BCUT2D eigenvalue weighted by Crippen LogP contribution is 2.26. The molecule has 78 valence electrons. The van der Waals surface area contributed by atoms with E-state index in [2.05, 4.69) is 47.8 Å². The van der Waals surface area contributed by atoms with Gasteiger partial charge in [-0.3, -0.25) is 0 Å². The van der Waals surface area contributed by atoms with E-state index in [9.17, 15) is 0 Å². The number of nitrogens with one attached hydrogen (secondary N) is 1. The van der Waals surface area contributed by atoms with E-state index in [4.69, 9.17) is 0 Å². The number of thiophene rings is 1. The van der Waals surface area contributed by atoms with Gasteiger partial charge in [0, 0.05) is 9.58 Å². The maximum Gasteiger partial charge on any atom is 0.0349 e. The maximum atomic E-state index is 3.13. The van der Waals surface area contributed by atoms with Crippen LogP contribution in [-0.4, -0.2) is 13.6 Å². The summed E-state index contributed by atoms with van der Waals surface area (Å²) in [6, 6.07) is 10.8. The minimum atomic E-state index is 1.04. The van der Waals surface area contributed by atoms with Crippen LogP contribution in [0.15, 0.2) is 36.4 Å². The van der Waals surface area contributed by atoms with Gasteiger partial charge in [-0.2, -0.15) is 0 Å². The van der Waals surface area contributed by atoms with Crippen LogP contribution in [0.1, 0.15) is 11.3 Å². The highest BCUT2D eigenvalue weighted by atomic mass is 32.1. The van der Waals surface area contributed by atoms with Gasteiger partial charge >= 0.3 is 0 Å². The topological polar surface area (TPSA) is 12.0 Å². The molecule has 0 spiro atoms. The van der Waals surface area contributed by atoms with Crippen molar-refractivity contribution in [3.63, 3.8) is 0 Å². The number of hydrogen-bond donors (Lipinski definition) is 1. The summed E-state index contributed by atoms with van der Waals surface area (Å²) < 4.78 is 1.37. The summed E-state index contributed by atoms with van der Waals surface area (Å²) in [7, 11) is 1.98. The van der Waals surface area contributed by atoms with Gasteiger partial charge in [0.1, 0.15) is 0 Å². The summed E-state index contributed by atoms with van der Waals surface area (Å²) in [4.78, 5) is 1.34. The van der Waals surface area contributed by atoms with Crippen molar-refractivity contribution in [2.75, 3.05) is 13.6 Å². The molecule has 1 nitrogen and oxygen atoms in total. The van der Waals surface area contributed by atoms with Crippen LogP contribution < -0.4 is 5.32 Å². The van der Waals surface area contributed by atoms with Crippen molar-refractivity contribution in [3.8, 4) is 0 Å². The van der Waals surface area contributed by atoms with Crippen molar-refractivity contribution < 1.29 is 0 Å². The fourth-order valence-corrected chi connectivity index (χ4v) is 2.51. The second-order valence-corrected chi connectivity index (χ2v) is 4.60. The third kappa shape index (κ3) is 2.67. The Balaban J connectivity index is 2.12. The number of hydrogen-bond acceptors (Lipinski definition) is 2. The quantitative estimate of drug-likeness (QED) is 0.773.